The van der Waals surface area contributed by atoms with Gasteiger partial charge in [-0.1, -0.05) is 13.3 Å². The van der Waals surface area contributed by atoms with Gasteiger partial charge in [-0.25, -0.2) is 0 Å². The Balaban J connectivity index is 2.26. The number of hydrogen-bond acceptors (Lipinski definition) is 3. The first-order chi connectivity index (χ1) is 7.29. The molecule has 0 aliphatic heterocycles. The molecule has 3 heteroatoms. The Morgan fingerprint density at radius 1 is 1.40 bits per heavy atom. The van der Waals surface area contributed by atoms with Crippen molar-refractivity contribution in [1.29, 1.82) is 0 Å². The van der Waals surface area contributed by atoms with Crippen LogP contribution in [0.25, 0.3) is 0 Å². The second-order valence-corrected chi connectivity index (χ2v) is 4.49. The average molecular weight is 214 g/mol. The van der Waals surface area contributed by atoms with E-state index >= 15 is 0 Å². The highest BCUT2D eigenvalue weighted by atomic mass is 16.5. The lowest BCUT2D eigenvalue weighted by atomic mass is 10.1. The van der Waals surface area contributed by atoms with E-state index in [0.717, 1.165) is 32.2 Å². The predicted octanol–water partition coefficient (Wildman–Crippen LogP) is 1.49. The summed E-state index contributed by atoms with van der Waals surface area (Å²) in [5.74, 6) is 0. The molecular weight excluding hydrogens is 188 g/mol. The Labute approximate surface area is 94.2 Å². The van der Waals surface area contributed by atoms with E-state index in [1.807, 2.05) is 0 Å². The summed E-state index contributed by atoms with van der Waals surface area (Å²) in [6.07, 6.45) is 5.20. The molecule has 3 nitrogen and oxygen atoms in total. The van der Waals surface area contributed by atoms with Crippen LogP contribution in [-0.4, -0.2) is 50.8 Å². The molecule has 0 aromatic carbocycles. The van der Waals surface area contributed by atoms with Crippen molar-refractivity contribution in [2.45, 2.75) is 44.7 Å². The van der Waals surface area contributed by atoms with Gasteiger partial charge in [0.25, 0.3) is 0 Å². The van der Waals surface area contributed by atoms with E-state index in [9.17, 15) is 0 Å². The molecule has 90 valence electrons. The molecule has 0 amide bonds. The monoisotopic (exact) mass is 214 g/mol. The second kappa shape index (κ2) is 7.20. The molecule has 0 heterocycles. The molecule has 1 aliphatic rings. The lowest BCUT2D eigenvalue weighted by Crippen LogP contribution is -2.45. The van der Waals surface area contributed by atoms with Crippen LogP contribution in [-0.2, 0) is 4.74 Å². The molecule has 1 aliphatic carbocycles. The summed E-state index contributed by atoms with van der Waals surface area (Å²) >= 11 is 0. The molecule has 1 N–H and O–H groups in total. The molecule has 15 heavy (non-hydrogen) atoms. The van der Waals surface area contributed by atoms with E-state index in [4.69, 9.17) is 4.74 Å². The van der Waals surface area contributed by atoms with Gasteiger partial charge < -0.3 is 15.0 Å². The summed E-state index contributed by atoms with van der Waals surface area (Å²) in [5.41, 5.74) is 0. The van der Waals surface area contributed by atoms with Crippen molar-refractivity contribution in [3.63, 3.8) is 0 Å². The van der Waals surface area contributed by atoms with Crippen molar-refractivity contribution < 1.29 is 4.74 Å². The van der Waals surface area contributed by atoms with E-state index in [2.05, 4.69) is 24.2 Å². The Hall–Kier alpha value is -0.120. The highest BCUT2D eigenvalue weighted by molar-refractivity contribution is 4.88. The number of hydrogen-bond donors (Lipinski definition) is 1. The summed E-state index contributed by atoms with van der Waals surface area (Å²) in [7, 11) is 4.02. The molecule has 0 aromatic heterocycles. The molecule has 0 spiro atoms. The number of ether oxygens (including phenoxy) is 1. The SMILES string of the molecule is CCNC1CCCC1N(C)CCCOC. The molecule has 0 aromatic rings. The first kappa shape index (κ1) is 12.9. The summed E-state index contributed by atoms with van der Waals surface area (Å²) in [6, 6.07) is 1.45. The quantitative estimate of drug-likeness (QED) is 0.650. The Bertz CT molecular complexity index is 164. The predicted molar refractivity (Wildman–Crippen MR) is 64.2 cm³/mol. The maximum Gasteiger partial charge on any atom is 0.0474 e. The number of rotatable bonds is 7. The van der Waals surface area contributed by atoms with Crippen LogP contribution < -0.4 is 5.32 Å². The topological polar surface area (TPSA) is 24.5 Å². The second-order valence-electron chi connectivity index (χ2n) is 4.49. The maximum absolute atomic E-state index is 5.09. The van der Waals surface area contributed by atoms with Crippen LogP contribution in [0.15, 0.2) is 0 Å². The minimum Gasteiger partial charge on any atom is -0.385 e. The summed E-state index contributed by atoms with van der Waals surface area (Å²) in [4.78, 5) is 2.50. The van der Waals surface area contributed by atoms with Crippen LogP contribution in [0.5, 0.6) is 0 Å². The van der Waals surface area contributed by atoms with Crippen molar-refractivity contribution in [3.8, 4) is 0 Å². The van der Waals surface area contributed by atoms with Crippen LogP contribution in [0.1, 0.15) is 32.6 Å². The average Bonchev–Trinajstić information content (AvgIpc) is 2.67. The number of nitrogens with one attached hydrogen (secondary N) is 1. The van der Waals surface area contributed by atoms with Crippen molar-refractivity contribution in [2.75, 3.05) is 33.9 Å². The van der Waals surface area contributed by atoms with Crippen molar-refractivity contribution >= 4 is 0 Å². The van der Waals surface area contributed by atoms with E-state index in [1.54, 1.807) is 7.11 Å². The highest BCUT2D eigenvalue weighted by Crippen LogP contribution is 2.23. The number of likely N-dealkylation sites (N-methyl/N-ethyl adjacent to an activating group) is 2. The van der Waals surface area contributed by atoms with Gasteiger partial charge in [0.2, 0.25) is 0 Å². The zero-order chi connectivity index (χ0) is 11.1. The van der Waals surface area contributed by atoms with Gasteiger partial charge in [0.05, 0.1) is 0 Å². The molecule has 1 saturated carbocycles. The van der Waals surface area contributed by atoms with Crippen molar-refractivity contribution in [3.05, 3.63) is 0 Å². The van der Waals surface area contributed by atoms with Crippen LogP contribution in [0.3, 0.4) is 0 Å². The highest BCUT2D eigenvalue weighted by Gasteiger charge is 2.28. The molecule has 0 bridgehead atoms. The van der Waals surface area contributed by atoms with Gasteiger partial charge in [-0.3, -0.25) is 0 Å². The zero-order valence-electron chi connectivity index (χ0n) is 10.5. The summed E-state index contributed by atoms with van der Waals surface area (Å²) in [5, 5.41) is 3.59. The molecule has 1 rings (SSSR count). The van der Waals surface area contributed by atoms with Gasteiger partial charge in [-0.05, 0) is 32.9 Å². The van der Waals surface area contributed by atoms with Gasteiger partial charge in [0.15, 0.2) is 0 Å². The van der Waals surface area contributed by atoms with Gasteiger partial charge in [0.1, 0.15) is 0 Å². The van der Waals surface area contributed by atoms with Crippen LogP contribution in [0.2, 0.25) is 0 Å². The van der Waals surface area contributed by atoms with Gasteiger partial charge in [0, 0.05) is 32.3 Å². The Kier molecular flexibility index (Phi) is 6.22. The standard InChI is InChI=1S/C12H26N2O/c1-4-13-11-7-5-8-12(11)14(2)9-6-10-15-3/h11-13H,4-10H2,1-3H3. The third-order valence-electron chi connectivity index (χ3n) is 3.37. The molecule has 2 unspecified atom stereocenters. The zero-order valence-corrected chi connectivity index (χ0v) is 10.5. The third-order valence-corrected chi connectivity index (χ3v) is 3.37. The van der Waals surface area contributed by atoms with E-state index in [1.165, 1.54) is 19.3 Å². The maximum atomic E-state index is 5.09. The molecule has 1 fully saturated rings. The summed E-state index contributed by atoms with van der Waals surface area (Å²) in [6.45, 7) is 5.32. The fourth-order valence-corrected chi connectivity index (χ4v) is 2.59. The molecule has 0 radical (unpaired) electrons. The smallest absolute Gasteiger partial charge is 0.0474 e. The van der Waals surface area contributed by atoms with Gasteiger partial charge in [-0.15, -0.1) is 0 Å². The van der Waals surface area contributed by atoms with Crippen molar-refractivity contribution in [2.24, 2.45) is 0 Å². The lowest BCUT2D eigenvalue weighted by molar-refractivity contribution is 0.157. The number of nitrogens with zero attached hydrogens (tertiary/aromatic N) is 1. The summed E-state index contributed by atoms with van der Waals surface area (Å²) < 4.78 is 5.09. The minimum absolute atomic E-state index is 0.711. The normalized spacial score (nSPS) is 26.4. The Morgan fingerprint density at radius 2 is 2.20 bits per heavy atom. The molecule has 0 saturated heterocycles. The van der Waals surface area contributed by atoms with Crippen LogP contribution in [0.4, 0.5) is 0 Å². The number of methoxy groups -OCH3 is 1. The Morgan fingerprint density at radius 3 is 2.87 bits per heavy atom. The van der Waals surface area contributed by atoms with Gasteiger partial charge in [-0.2, -0.15) is 0 Å². The van der Waals surface area contributed by atoms with Crippen molar-refractivity contribution in [1.82, 2.24) is 10.2 Å². The third kappa shape index (κ3) is 4.09. The largest absolute Gasteiger partial charge is 0.385 e. The van der Waals surface area contributed by atoms with Gasteiger partial charge >= 0.3 is 0 Å². The van der Waals surface area contributed by atoms with E-state index in [-0.39, 0.29) is 0 Å². The first-order valence-electron chi connectivity index (χ1n) is 6.22. The lowest BCUT2D eigenvalue weighted by Gasteiger charge is -2.30. The van der Waals surface area contributed by atoms with Crippen LogP contribution in [0, 0.1) is 0 Å². The fourth-order valence-electron chi connectivity index (χ4n) is 2.59. The van der Waals surface area contributed by atoms with E-state index < -0.39 is 0 Å². The van der Waals surface area contributed by atoms with Crippen LogP contribution >= 0.6 is 0 Å². The fraction of sp³-hybridized carbons (Fsp3) is 1.00. The first-order valence-corrected chi connectivity index (χ1v) is 6.22. The molecule has 2 atom stereocenters. The minimum atomic E-state index is 0.711. The molecular formula is C12H26N2O. The van der Waals surface area contributed by atoms with E-state index in [0.29, 0.717) is 6.04 Å².